The smallest absolute Gasteiger partial charge is 0.0351 e. The zero-order chi connectivity index (χ0) is 11.0. The molecule has 0 radical (unpaired) electrons. The van der Waals surface area contributed by atoms with Gasteiger partial charge in [-0.3, -0.25) is 4.90 Å². The van der Waals surface area contributed by atoms with Gasteiger partial charge in [0.2, 0.25) is 0 Å². The van der Waals surface area contributed by atoms with E-state index in [9.17, 15) is 0 Å². The van der Waals surface area contributed by atoms with Gasteiger partial charge in [-0.1, -0.05) is 24.3 Å². The minimum atomic E-state index is 0.764. The Kier molecular flexibility index (Phi) is 2.91. The molecule has 1 unspecified atom stereocenters. The van der Waals surface area contributed by atoms with E-state index in [-0.39, 0.29) is 0 Å². The van der Waals surface area contributed by atoms with Gasteiger partial charge in [-0.2, -0.15) is 0 Å². The fourth-order valence-electron chi connectivity index (χ4n) is 2.78. The first-order valence-electron chi connectivity index (χ1n) is 6.26. The lowest BCUT2D eigenvalue weighted by Gasteiger charge is -2.34. The minimum absolute atomic E-state index is 0.764. The fraction of sp³-hybridized carbons (Fsp3) is 0.571. The van der Waals surface area contributed by atoms with Crippen LogP contribution in [0.1, 0.15) is 29.9 Å². The molecular formula is C14H18ClN. The number of nitrogens with zero attached hydrogens (tertiary/aromatic N) is 1. The molecule has 1 atom stereocenters. The van der Waals surface area contributed by atoms with Crippen LogP contribution in [0.4, 0.5) is 0 Å². The largest absolute Gasteiger partial charge is 0.299 e. The van der Waals surface area contributed by atoms with E-state index in [0.29, 0.717) is 0 Å². The Balaban J connectivity index is 1.63. The van der Waals surface area contributed by atoms with Crippen LogP contribution >= 0.6 is 11.6 Å². The lowest BCUT2D eigenvalue weighted by Crippen LogP contribution is -2.36. The first-order chi connectivity index (χ1) is 7.88. The summed E-state index contributed by atoms with van der Waals surface area (Å²) in [6, 6.07) is 9.69. The number of fused-ring (bicyclic) bond motifs is 1. The fourth-order valence-corrected chi connectivity index (χ4v) is 3.00. The van der Waals surface area contributed by atoms with E-state index in [1.165, 1.54) is 25.8 Å². The summed E-state index contributed by atoms with van der Waals surface area (Å²) in [4.78, 5) is 2.59. The van der Waals surface area contributed by atoms with Crippen molar-refractivity contribution in [2.24, 2.45) is 0 Å². The Morgan fingerprint density at radius 2 is 2.06 bits per heavy atom. The molecule has 1 fully saturated rings. The summed E-state index contributed by atoms with van der Waals surface area (Å²) < 4.78 is 0. The van der Waals surface area contributed by atoms with Crippen LogP contribution in [0, 0.1) is 0 Å². The van der Waals surface area contributed by atoms with Gasteiger partial charge in [-0.15, -0.1) is 11.6 Å². The Morgan fingerprint density at radius 1 is 1.25 bits per heavy atom. The zero-order valence-corrected chi connectivity index (χ0v) is 10.3. The monoisotopic (exact) mass is 235 g/mol. The zero-order valence-electron chi connectivity index (χ0n) is 9.53. The van der Waals surface area contributed by atoms with Crippen LogP contribution in [0.15, 0.2) is 24.3 Å². The summed E-state index contributed by atoms with van der Waals surface area (Å²) >= 11 is 5.87. The molecule has 0 N–H and O–H groups in total. The maximum atomic E-state index is 5.87. The molecule has 16 heavy (non-hydrogen) atoms. The second-order valence-corrected chi connectivity index (χ2v) is 5.39. The average Bonchev–Trinajstić information content (AvgIpc) is 3.08. The van der Waals surface area contributed by atoms with Crippen molar-refractivity contribution in [3.05, 3.63) is 35.4 Å². The topological polar surface area (TPSA) is 3.24 Å². The molecule has 2 aliphatic carbocycles. The molecule has 1 aromatic rings. The molecule has 0 heterocycles. The Hall–Kier alpha value is -0.530. The van der Waals surface area contributed by atoms with E-state index in [1.807, 2.05) is 0 Å². The molecule has 0 aliphatic heterocycles. The lowest BCUT2D eigenvalue weighted by atomic mass is 9.77. The number of rotatable bonds is 5. The van der Waals surface area contributed by atoms with Gasteiger partial charge in [0.05, 0.1) is 0 Å². The summed E-state index contributed by atoms with van der Waals surface area (Å²) in [5.41, 5.74) is 3.12. The van der Waals surface area contributed by atoms with E-state index in [0.717, 1.165) is 24.4 Å². The van der Waals surface area contributed by atoms with Gasteiger partial charge in [-0.05, 0) is 30.4 Å². The molecule has 0 aromatic heterocycles. The Labute approximate surface area is 102 Å². The van der Waals surface area contributed by atoms with E-state index in [2.05, 4.69) is 29.2 Å². The van der Waals surface area contributed by atoms with Gasteiger partial charge in [-0.25, -0.2) is 0 Å². The second kappa shape index (κ2) is 4.38. The highest BCUT2D eigenvalue weighted by atomic mass is 35.5. The molecule has 3 rings (SSSR count). The van der Waals surface area contributed by atoms with Crippen LogP contribution in [-0.2, 0) is 6.42 Å². The third-order valence-electron chi connectivity index (χ3n) is 3.85. The standard InChI is InChI=1S/C14H18ClN/c15-7-8-16(13-5-6-13)10-12-9-11-3-1-2-4-14(11)12/h1-4,12-13H,5-10H2. The van der Waals surface area contributed by atoms with Gasteiger partial charge in [0.1, 0.15) is 0 Å². The summed E-state index contributed by atoms with van der Waals surface area (Å²) in [5, 5.41) is 0. The molecule has 1 saturated carbocycles. The number of hydrogen-bond acceptors (Lipinski definition) is 1. The molecule has 0 saturated heterocycles. The minimum Gasteiger partial charge on any atom is -0.299 e. The molecular weight excluding hydrogens is 218 g/mol. The molecule has 86 valence electrons. The van der Waals surface area contributed by atoms with Crippen LogP contribution in [0.5, 0.6) is 0 Å². The van der Waals surface area contributed by atoms with Gasteiger partial charge in [0.15, 0.2) is 0 Å². The van der Waals surface area contributed by atoms with Crippen LogP contribution in [0.25, 0.3) is 0 Å². The summed E-state index contributed by atoms with van der Waals surface area (Å²) in [6.07, 6.45) is 4.03. The summed E-state index contributed by atoms with van der Waals surface area (Å²) in [6.45, 7) is 2.28. The maximum absolute atomic E-state index is 5.87. The molecule has 1 aromatic carbocycles. The van der Waals surface area contributed by atoms with Crippen molar-refractivity contribution in [3.8, 4) is 0 Å². The molecule has 2 heteroatoms. The molecule has 0 spiro atoms. The first-order valence-corrected chi connectivity index (χ1v) is 6.80. The third kappa shape index (κ3) is 1.99. The van der Waals surface area contributed by atoms with Crippen molar-refractivity contribution in [1.29, 1.82) is 0 Å². The highest BCUT2D eigenvalue weighted by molar-refractivity contribution is 6.18. The van der Waals surface area contributed by atoms with Gasteiger partial charge < -0.3 is 0 Å². The van der Waals surface area contributed by atoms with E-state index in [1.54, 1.807) is 11.1 Å². The summed E-state index contributed by atoms with van der Waals surface area (Å²) in [5.74, 6) is 1.53. The molecule has 0 bridgehead atoms. The van der Waals surface area contributed by atoms with Crippen molar-refractivity contribution in [1.82, 2.24) is 4.90 Å². The molecule has 2 aliphatic rings. The number of halogens is 1. The Bertz CT molecular complexity index is 373. The van der Waals surface area contributed by atoms with Crippen molar-refractivity contribution in [2.75, 3.05) is 19.0 Å². The highest BCUT2D eigenvalue weighted by Crippen LogP contribution is 2.37. The predicted octanol–water partition coefficient (Wildman–Crippen LogP) is 3.03. The SMILES string of the molecule is ClCCN(CC1Cc2ccccc21)C1CC1. The van der Waals surface area contributed by atoms with Crippen molar-refractivity contribution >= 4 is 11.6 Å². The van der Waals surface area contributed by atoms with Crippen LogP contribution < -0.4 is 0 Å². The Morgan fingerprint density at radius 3 is 2.75 bits per heavy atom. The molecule has 1 nitrogen and oxygen atoms in total. The maximum Gasteiger partial charge on any atom is 0.0351 e. The summed E-state index contributed by atoms with van der Waals surface area (Å²) in [7, 11) is 0. The predicted molar refractivity (Wildman–Crippen MR) is 68.2 cm³/mol. The van der Waals surface area contributed by atoms with Crippen LogP contribution in [-0.4, -0.2) is 29.9 Å². The third-order valence-corrected chi connectivity index (χ3v) is 4.02. The van der Waals surface area contributed by atoms with Gasteiger partial charge in [0, 0.05) is 30.9 Å². The van der Waals surface area contributed by atoms with E-state index >= 15 is 0 Å². The van der Waals surface area contributed by atoms with E-state index in [4.69, 9.17) is 11.6 Å². The quantitative estimate of drug-likeness (QED) is 0.710. The van der Waals surface area contributed by atoms with Gasteiger partial charge in [0.25, 0.3) is 0 Å². The number of hydrogen-bond donors (Lipinski definition) is 0. The highest BCUT2D eigenvalue weighted by Gasteiger charge is 2.33. The van der Waals surface area contributed by atoms with Crippen LogP contribution in [0.2, 0.25) is 0 Å². The van der Waals surface area contributed by atoms with Gasteiger partial charge >= 0.3 is 0 Å². The normalized spacial score (nSPS) is 23.0. The average molecular weight is 236 g/mol. The first kappa shape index (κ1) is 10.6. The van der Waals surface area contributed by atoms with Crippen molar-refractivity contribution < 1.29 is 0 Å². The lowest BCUT2D eigenvalue weighted by molar-refractivity contribution is 0.251. The van der Waals surface area contributed by atoms with Crippen molar-refractivity contribution in [2.45, 2.75) is 31.2 Å². The number of alkyl halides is 1. The number of benzene rings is 1. The second-order valence-electron chi connectivity index (χ2n) is 5.01. The van der Waals surface area contributed by atoms with Crippen LogP contribution in [0.3, 0.4) is 0 Å². The van der Waals surface area contributed by atoms with Crippen molar-refractivity contribution in [3.63, 3.8) is 0 Å². The molecule has 0 amide bonds. The van der Waals surface area contributed by atoms with E-state index < -0.39 is 0 Å².